The van der Waals surface area contributed by atoms with Crippen LogP contribution in [-0.4, -0.2) is 53.2 Å². The molecule has 1 aliphatic rings. The van der Waals surface area contributed by atoms with Crippen LogP contribution < -0.4 is 0 Å². The van der Waals surface area contributed by atoms with E-state index in [4.69, 9.17) is 13.9 Å². The van der Waals surface area contributed by atoms with Crippen molar-refractivity contribution in [2.24, 2.45) is 5.41 Å². The number of allylic oxidation sites excluding steroid dienone is 2. The van der Waals surface area contributed by atoms with Crippen molar-refractivity contribution in [2.45, 2.75) is 75.9 Å². The van der Waals surface area contributed by atoms with E-state index in [9.17, 15) is 18.7 Å². The molecule has 0 heterocycles. The summed E-state index contributed by atoms with van der Waals surface area (Å²) in [5.41, 5.74) is 9.32. The lowest BCUT2D eigenvalue weighted by Gasteiger charge is -2.46. The summed E-state index contributed by atoms with van der Waals surface area (Å²) in [5.74, 6) is 0.0381. The first-order valence-electron chi connectivity index (χ1n) is 12.5. The van der Waals surface area contributed by atoms with Crippen molar-refractivity contribution in [1.29, 1.82) is 0 Å². The molecule has 0 radical (unpaired) electrons. The molecule has 0 amide bonds. The molecule has 1 aromatic rings. The molecule has 0 unspecified atom stereocenters. The topological polar surface area (TPSA) is 115 Å². The molecule has 0 N–H and O–H groups in total. The van der Waals surface area contributed by atoms with E-state index in [1.54, 1.807) is 6.07 Å². The second-order valence-electron chi connectivity index (χ2n) is 10.3. The number of benzene rings is 1. The lowest BCUT2D eigenvalue weighted by atomic mass is 9.76. The third-order valence-corrected chi connectivity index (χ3v) is 15.1. The molecular formula is C27H40N2O6SSi. The van der Waals surface area contributed by atoms with Crippen LogP contribution in [0.3, 0.4) is 0 Å². The van der Waals surface area contributed by atoms with Gasteiger partial charge in [0.1, 0.15) is 16.9 Å². The highest BCUT2D eigenvalue weighted by Crippen LogP contribution is 2.48. The smallest absolute Gasteiger partial charge is 0.452 e. The van der Waals surface area contributed by atoms with Gasteiger partial charge in [0, 0.05) is 6.42 Å². The van der Waals surface area contributed by atoms with Crippen LogP contribution in [-0.2, 0) is 28.5 Å². The van der Waals surface area contributed by atoms with E-state index in [1.807, 2.05) is 12.2 Å². The minimum atomic E-state index is -4.36. The Morgan fingerprint density at radius 2 is 1.46 bits per heavy atom. The molecule has 0 aromatic heterocycles. The van der Waals surface area contributed by atoms with Crippen LogP contribution in [0.2, 0.25) is 16.6 Å². The monoisotopic (exact) mass is 548 g/mol. The molecule has 204 valence electrons. The lowest BCUT2D eigenvalue weighted by Crippen LogP contribution is -2.51. The molecule has 10 heteroatoms. The molecule has 2 rings (SSSR count). The van der Waals surface area contributed by atoms with E-state index < -0.39 is 34.4 Å². The van der Waals surface area contributed by atoms with Gasteiger partial charge in [-0.3, -0.25) is 4.79 Å². The standard InChI is InChI=1S/C27H40N2O6SSi/c1-19(2)37(20(3)4,21(5)6)35-18-27(24(33-7)15-12-16-25(27)34-8)17-23(30)26(29-28)36(31,32)22-13-10-9-11-14-22/h9-11,13-16,19-21H,12,17-18H2,1-8H3. The van der Waals surface area contributed by atoms with E-state index in [0.29, 0.717) is 17.9 Å². The van der Waals surface area contributed by atoms with Crippen molar-refractivity contribution in [3.63, 3.8) is 0 Å². The van der Waals surface area contributed by atoms with Gasteiger partial charge in [0.25, 0.3) is 15.6 Å². The largest absolute Gasteiger partial charge is 0.500 e. The Hall–Kier alpha value is -2.52. The number of ether oxygens (including phenoxy) is 2. The molecule has 0 aliphatic heterocycles. The van der Waals surface area contributed by atoms with Crippen molar-refractivity contribution in [3.05, 3.63) is 59.5 Å². The fourth-order valence-corrected chi connectivity index (χ4v) is 12.5. The summed E-state index contributed by atoms with van der Waals surface area (Å²) in [4.78, 5) is 16.5. The summed E-state index contributed by atoms with van der Waals surface area (Å²) in [6.45, 7) is 13.0. The minimum Gasteiger partial charge on any atom is -0.500 e. The van der Waals surface area contributed by atoms with Gasteiger partial charge in [-0.2, -0.15) is 0 Å². The third kappa shape index (κ3) is 5.82. The van der Waals surface area contributed by atoms with Crippen LogP contribution in [0.4, 0.5) is 0 Å². The van der Waals surface area contributed by atoms with Crippen LogP contribution in [0.5, 0.6) is 0 Å². The molecule has 0 bridgehead atoms. The highest BCUT2D eigenvalue weighted by Gasteiger charge is 2.53. The van der Waals surface area contributed by atoms with Crippen molar-refractivity contribution in [1.82, 2.24) is 0 Å². The number of hydrogen-bond donors (Lipinski definition) is 0. The van der Waals surface area contributed by atoms with Gasteiger partial charge in [0.15, 0.2) is 8.32 Å². The summed E-state index contributed by atoms with van der Waals surface area (Å²) < 4.78 is 44.8. The fraction of sp³-hybridized carbons (Fsp3) is 0.556. The van der Waals surface area contributed by atoms with E-state index >= 15 is 0 Å². The maximum atomic E-state index is 13.6. The fourth-order valence-electron chi connectivity index (χ4n) is 5.78. The highest BCUT2D eigenvalue weighted by atomic mass is 32.2. The highest BCUT2D eigenvalue weighted by molar-refractivity contribution is 8.08. The molecule has 0 saturated heterocycles. The summed E-state index contributed by atoms with van der Waals surface area (Å²) in [5, 5.41) is -0.936. The van der Waals surface area contributed by atoms with Gasteiger partial charge in [0.05, 0.1) is 25.7 Å². The van der Waals surface area contributed by atoms with Gasteiger partial charge >= 0.3 is 5.04 Å². The molecule has 0 atom stereocenters. The van der Waals surface area contributed by atoms with E-state index in [-0.39, 0.29) is 34.5 Å². The normalized spacial score (nSPS) is 15.8. The Bertz CT molecular complexity index is 1140. The summed E-state index contributed by atoms with van der Waals surface area (Å²) in [6, 6.07) is 7.43. The number of carbonyl (C=O) groups is 1. The van der Waals surface area contributed by atoms with E-state index in [1.165, 1.54) is 38.5 Å². The number of ketones is 1. The number of carbonyl (C=O) groups excluding carboxylic acids is 1. The summed E-state index contributed by atoms with van der Waals surface area (Å²) in [6.07, 6.45) is 3.82. The molecule has 37 heavy (non-hydrogen) atoms. The number of nitrogens with zero attached hydrogens (tertiary/aromatic N) is 2. The Balaban J connectivity index is 2.62. The van der Waals surface area contributed by atoms with E-state index in [2.05, 4.69) is 46.3 Å². The predicted octanol–water partition coefficient (Wildman–Crippen LogP) is 5.69. The van der Waals surface area contributed by atoms with Crippen molar-refractivity contribution in [3.8, 4) is 0 Å². The lowest BCUT2D eigenvalue weighted by molar-refractivity contribution is -0.119. The molecule has 0 fully saturated rings. The van der Waals surface area contributed by atoms with Crippen LogP contribution in [0.25, 0.3) is 5.53 Å². The van der Waals surface area contributed by atoms with Gasteiger partial charge in [-0.25, -0.2) is 8.42 Å². The van der Waals surface area contributed by atoms with Gasteiger partial charge < -0.3 is 19.4 Å². The number of sulfone groups is 1. The van der Waals surface area contributed by atoms with Gasteiger partial charge in [-0.15, -0.1) is 4.79 Å². The maximum Gasteiger partial charge on any atom is 0.452 e. The molecular weight excluding hydrogens is 508 g/mol. The Labute approximate surface area is 222 Å². The van der Waals surface area contributed by atoms with Crippen LogP contribution in [0.1, 0.15) is 54.4 Å². The predicted molar refractivity (Wildman–Crippen MR) is 146 cm³/mol. The Morgan fingerprint density at radius 1 is 0.973 bits per heavy atom. The first-order valence-corrected chi connectivity index (χ1v) is 16.2. The van der Waals surface area contributed by atoms with Crippen molar-refractivity contribution in [2.75, 3.05) is 20.8 Å². The van der Waals surface area contributed by atoms with Crippen LogP contribution in [0, 0.1) is 5.41 Å². The minimum absolute atomic E-state index is 0.0585. The second kappa shape index (κ2) is 12.3. The average Bonchev–Trinajstić information content (AvgIpc) is 2.84. The Kier molecular flexibility index (Phi) is 10.2. The molecule has 1 aliphatic carbocycles. The first kappa shape index (κ1) is 30.7. The quantitative estimate of drug-likeness (QED) is 0.109. The number of methoxy groups -OCH3 is 2. The molecule has 8 nitrogen and oxygen atoms in total. The first-order chi connectivity index (χ1) is 17.3. The number of rotatable bonds is 12. The zero-order valence-corrected chi connectivity index (χ0v) is 25.0. The SMILES string of the molecule is COC1=CCC=C(OC)C1(CO[Si](C(C)C)(C(C)C)C(C)C)CC(=O)C(=[N+]=[N-])S(=O)(=O)c1ccccc1. The average molecular weight is 549 g/mol. The number of hydrogen-bond acceptors (Lipinski definition) is 6. The maximum absolute atomic E-state index is 13.6. The summed E-state index contributed by atoms with van der Waals surface area (Å²) >= 11 is 0. The van der Waals surface area contributed by atoms with Crippen molar-refractivity contribution < 1.29 is 31.9 Å². The van der Waals surface area contributed by atoms with Crippen LogP contribution >= 0.6 is 0 Å². The van der Waals surface area contributed by atoms with E-state index in [0.717, 1.165) is 0 Å². The Morgan fingerprint density at radius 3 is 1.86 bits per heavy atom. The zero-order valence-electron chi connectivity index (χ0n) is 23.1. The number of Topliss-reactive ketones (excluding diaryl/α,β-unsaturated/α-hetero) is 1. The molecule has 0 saturated carbocycles. The second-order valence-corrected chi connectivity index (χ2v) is 17.6. The van der Waals surface area contributed by atoms with Crippen molar-refractivity contribution >= 4 is 29.0 Å². The van der Waals surface area contributed by atoms with Crippen LogP contribution in [0.15, 0.2) is 58.9 Å². The van der Waals surface area contributed by atoms with Gasteiger partial charge in [-0.1, -0.05) is 59.7 Å². The summed E-state index contributed by atoms with van der Waals surface area (Å²) in [7, 11) is -3.75. The van der Waals surface area contributed by atoms with Gasteiger partial charge in [-0.05, 0) is 47.3 Å². The molecule has 1 aromatic carbocycles. The third-order valence-electron chi connectivity index (χ3n) is 7.37. The molecule has 0 spiro atoms. The van der Waals surface area contributed by atoms with Gasteiger partial charge in [0.2, 0.25) is 0 Å². The zero-order chi connectivity index (χ0) is 28.0.